The lowest BCUT2D eigenvalue weighted by Crippen LogP contribution is -2.41. The van der Waals surface area contributed by atoms with Gasteiger partial charge in [-0.1, -0.05) is 33.6 Å². The van der Waals surface area contributed by atoms with E-state index in [2.05, 4.69) is 20.8 Å². The first-order chi connectivity index (χ1) is 11.8. The molecular formula is C20H32N2O3. The highest BCUT2D eigenvalue weighted by Crippen LogP contribution is 2.34. The van der Waals surface area contributed by atoms with E-state index in [-0.39, 0.29) is 17.7 Å². The molecule has 1 fully saturated rings. The fourth-order valence-electron chi connectivity index (χ4n) is 3.70. The third-order valence-corrected chi connectivity index (χ3v) is 5.50. The van der Waals surface area contributed by atoms with Crippen LogP contribution in [-0.4, -0.2) is 47.2 Å². The minimum atomic E-state index is -0.209. The number of rotatable bonds is 7. The number of hydrogen-bond acceptors (Lipinski definition) is 3. The van der Waals surface area contributed by atoms with Crippen molar-refractivity contribution in [3.63, 3.8) is 0 Å². The third kappa shape index (κ3) is 5.68. The summed E-state index contributed by atoms with van der Waals surface area (Å²) in [6.45, 7) is 9.14. The van der Waals surface area contributed by atoms with Crippen LogP contribution in [0.4, 0.5) is 0 Å². The molecule has 0 aromatic rings. The van der Waals surface area contributed by atoms with Crippen LogP contribution in [0.2, 0.25) is 0 Å². The van der Waals surface area contributed by atoms with Crippen molar-refractivity contribution >= 4 is 17.7 Å². The highest BCUT2D eigenvalue weighted by Gasteiger charge is 2.30. The predicted molar refractivity (Wildman–Crippen MR) is 97.7 cm³/mol. The van der Waals surface area contributed by atoms with Gasteiger partial charge in [-0.2, -0.15) is 0 Å². The number of amides is 3. The van der Waals surface area contributed by atoms with E-state index in [1.165, 1.54) is 17.1 Å². The van der Waals surface area contributed by atoms with E-state index in [1.54, 1.807) is 0 Å². The molecule has 1 saturated heterocycles. The van der Waals surface area contributed by atoms with Gasteiger partial charge in [0.1, 0.15) is 0 Å². The van der Waals surface area contributed by atoms with Crippen LogP contribution >= 0.6 is 0 Å². The fourth-order valence-corrected chi connectivity index (χ4v) is 3.70. The molecule has 0 aliphatic carbocycles. The molecule has 2 heterocycles. The molecule has 3 amide bonds. The standard InChI is InChI=1S/C20H32N2O3/c1-20(2,3)16-11-14-21(15-12-16)17(23)8-6-4-5-7-13-22-18(24)9-10-19(22)25/h9-10,16H,4-8,11-15H2,1-3H3. The Kier molecular flexibility index (Phi) is 6.79. The lowest BCUT2D eigenvalue weighted by Gasteiger charge is -2.38. The van der Waals surface area contributed by atoms with Crippen LogP contribution in [0.25, 0.3) is 0 Å². The summed E-state index contributed by atoms with van der Waals surface area (Å²) in [6, 6.07) is 0. The van der Waals surface area contributed by atoms with Gasteiger partial charge in [0, 0.05) is 38.2 Å². The lowest BCUT2D eigenvalue weighted by molar-refractivity contribution is -0.137. The molecule has 5 heteroatoms. The second kappa shape index (κ2) is 8.63. The van der Waals surface area contributed by atoms with Crippen molar-refractivity contribution in [2.75, 3.05) is 19.6 Å². The first kappa shape index (κ1) is 19.7. The van der Waals surface area contributed by atoms with Crippen molar-refractivity contribution < 1.29 is 14.4 Å². The molecule has 0 unspecified atom stereocenters. The van der Waals surface area contributed by atoms with Crippen molar-refractivity contribution in [2.24, 2.45) is 11.3 Å². The normalized spacial score (nSPS) is 19.2. The van der Waals surface area contributed by atoms with E-state index >= 15 is 0 Å². The van der Waals surface area contributed by atoms with E-state index < -0.39 is 0 Å². The van der Waals surface area contributed by atoms with Crippen LogP contribution in [-0.2, 0) is 14.4 Å². The van der Waals surface area contributed by atoms with Gasteiger partial charge in [0.2, 0.25) is 5.91 Å². The largest absolute Gasteiger partial charge is 0.343 e. The van der Waals surface area contributed by atoms with Gasteiger partial charge < -0.3 is 4.90 Å². The Bertz CT molecular complexity index is 508. The molecule has 0 bridgehead atoms. The summed E-state index contributed by atoms with van der Waals surface area (Å²) in [4.78, 5) is 38.5. The van der Waals surface area contributed by atoms with Crippen molar-refractivity contribution in [2.45, 2.75) is 65.7 Å². The summed E-state index contributed by atoms with van der Waals surface area (Å²) in [5.41, 5.74) is 0.336. The topological polar surface area (TPSA) is 57.7 Å². The number of piperidine rings is 1. The molecule has 0 atom stereocenters. The first-order valence-electron chi connectivity index (χ1n) is 9.60. The predicted octanol–water partition coefficient (Wildman–Crippen LogP) is 3.15. The molecule has 2 aliphatic rings. The molecule has 0 saturated carbocycles. The van der Waals surface area contributed by atoms with Crippen molar-refractivity contribution in [1.82, 2.24) is 9.80 Å². The molecule has 140 valence electrons. The second-order valence-corrected chi connectivity index (χ2v) is 8.35. The highest BCUT2D eigenvalue weighted by molar-refractivity contribution is 6.12. The molecule has 0 spiro atoms. The summed E-state index contributed by atoms with van der Waals surface area (Å²) in [7, 11) is 0. The summed E-state index contributed by atoms with van der Waals surface area (Å²) >= 11 is 0. The van der Waals surface area contributed by atoms with E-state index in [0.717, 1.165) is 51.6 Å². The van der Waals surface area contributed by atoms with Crippen molar-refractivity contribution in [1.29, 1.82) is 0 Å². The molecule has 0 radical (unpaired) electrons. The lowest BCUT2D eigenvalue weighted by atomic mass is 9.75. The van der Waals surface area contributed by atoms with Crippen LogP contribution in [0, 0.1) is 11.3 Å². The van der Waals surface area contributed by atoms with E-state index in [0.29, 0.717) is 24.3 Å². The number of hydrogen-bond donors (Lipinski definition) is 0. The van der Waals surface area contributed by atoms with Gasteiger partial charge in [0.05, 0.1) is 0 Å². The average molecular weight is 348 g/mol. The number of carbonyl (C=O) groups is 3. The zero-order chi connectivity index (χ0) is 18.4. The van der Waals surface area contributed by atoms with Gasteiger partial charge in [-0.15, -0.1) is 0 Å². The highest BCUT2D eigenvalue weighted by atomic mass is 16.2. The Morgan fingerprint density at radius 1 is 1.00 bits per heavy atom. The Labute approximate surface area is 151 Å². The van der Waals surface area contributed by atoms with E-state index in [1.807, 2.05) is 4.90 Å². The number of unbranched alkanes of at least 4 members (excludes halogenated alkanes) is 3. The molecule has 2 rings (SSSR count). The number of imide groups is 1. The first-order valence-corrected chi connectivity index (χ1v) is 9.60. The quantitative estimate of drug-likeness (QED) is 0.524. The van der Waals surface area contributed by atoms with Crippen LogP contribution in [0.3, 0.4) is 0 Å². The molecule has 0 aromatic carbocycles. The Hall–Kier alpha value is -1.65. The maximum Gasteiger partial charge on any atom is 0.253 e. The number of carbonyl (C=O) groups excluding carboxylic acids is 3. The average Bonchev–Trinajstić information content (AvgIpc) is 2.88. The van der Waals surface area contributed by atoms with Gasteiger partial charge in [0.15, 0.2) is 0 Å². The Balaban J connectivity index is 1.54. The van der Waals surface area contributed by atoms with Gasteiger partial charge in [-0.3, -0.25) is 19.3 Å². The molecule has 2 aliphatic heterocycles. The summed E-state index contributed by atoms with van der Waals surface area (Å²) in [5.74, 6) is 0.571. The third-order valence-electron chi connectivity index (χ3n) is 5.50. The van der Waals surface area contributed by atoms with Crippen LogP contribution in [0.1, 0.15) is 65.7 Å². The van der Waals surface area contributed by atoms with Crippen LogP contribution in [0.15, 0.2) is 12.2 Å². The Morgan fingerprint density at radius 2 is 1.56 bits per heavy atom. The molecule has 0 N–H and O–H groups in total. The number of nitrogens with zero attached hydrogens (tertiary/aromatic N) is 2. The summed E-state index contributed by atoms with van der Waals surface area (Å²) in [6.07, 6.45) is 9.09. The van der Waals surface area contributed by atoms with Crippen molar-refractivity contribution in [3.05, 3.63) is 12.2 Å². The maximum absolute atomic E-state index is 12.3. The SMILES string of the molecule is CC(C)(C)C1CCN(C(=O)CCCCCCN2C(=O)C=CC2=O)CC1. The molecule has 25 heavy (non-hydrogen) atoms. The Morgan fingerprint density at radius 3 is 2.12 bits per heavy atom. The van der Waals surface area contributed by atoms with Gasteiger partial charge in [-0.25, -0.2) is 0 Å². The monoisotopic (exact) mass is 348 g/mol. The van der Waals surface area contributed by atoms with E-state index in [9.17, 15) is 14.4 Å². The fraction of sp³-hybridized carbons (Fsp3) is 0.750. The van der Waals surface area contributed by atoms with Gasteiger partial charge >= 0.3 is 0 Å². The molecular weight excluding hydrogens is 316 g/mol. The number of likely N-dealkylation sites (tertiary alicyclic amines) is 1. The second-order valence-electron chi connectivity index (χ2n) is 8.35. The van der Waals surface area contributed by atoms with Gasteiger partial charge in [-0.05, 0) is 37.0 Å². The molecule has 0 aromatic heterocycles. The summed E-state index contributed by atoms with van der Waals surface area (Å²) < 4.78 is 0. The smallest absolute Gasteiger partial charge is 0.253 e. The minimum absolute atomic E-state index is 0.209. The maximum atomic E-state index is 12.3. The van der Waals surface area contributed by atoms with Crippen LogP contribution < -0.4 is 0 Å². The van der Waals surface area contributed by atoms with Gasteiger partial charge in [0.25, 0.3) is 11.8 Å². The van der Waals surface area contributed by atoms with Crippen molar-refractivity contribution in [3.8, 4) is 0 Å². The van der Waals surface area contributed by atoms with Crippen LogP contribution in [0.5, 0.6) is 0 Å². The zero-order valence-electron chi connectivity index (χ0n) is 15.9. The minimum Gasteiger partial charge on any atom is -0.343 e. The van der Waals surface area contributed by atoms with E-state index in [4.69, 9.17) is 0 Å². The summed E-state index contributed by atoms with van der Waals surface area (Å²) in [5, 5.41) is 0. The zero-order valence-corrected chi connectivity index (χ0v) is 15.9. The molecule has 5 nitrogen and oxygen atoms in total.